The number of carbonyl (C=O) groups is 2. The average Bonchev–Trinajstić information content (AvgIpc) is 2.54. The van der Waals surface area contributed by atoms with E-state index in [0.29, 0.717) is 30.6 Å². The molecule has 0 bridgehead atoms. The van der Waals surface area contributed by atoms with Gasteiger partial charge < -0.3 is 4.90 Å². The van der Waals surface area contributed by atoms with Crippen LogP contribution in [0.3, 0.4) is 0 Å². The number of amides is 1. The van der Waals surface area contributed by atoms with Gasteiger partial charge >= 0.3 is 0 Å². The van der Waals surface area contributed by atoms with Crippen LogP contribution < -0.4 is 4.90 Å². The minimum Gasteiger partial charge on any atom is -0.305 e. The van der Waals surface area contributed by atoms with Crippen LogP contribution in [0, 0.1) is 19.3 Å². The lowest BCUT2D eigenvalue weighted by atomic mass is 10.1. The summed E-state index contributed by atoms with van der Waals surface area (Å²) < 4.78 is 0. The third-order valence-corrected chi connectivity index (χ3v) is 2.83. The Morgan fingerprint density at radius 3 is 2.82 bits per heavy atom. The molecule has 0 unspecified atom stereocenters. The third kappa shape index (κ3) is 1.94. The van der Waals surface area contributed by atoms with Crippen molar-refractivity contribution in [2.75, 3.05) is 11.4 Å². The number of aryl methyl sites for hydroxylation is 1. The molecule has 1 aromatic rings. The van der Waals surface area contributed by atoms with Crippen molar-refractivity contribution in [3.63, 3.8) is 0 Å². The zero-order valence-corrected chi connectivity index (χ0v) is 9.69. The Morgan fingerprint density at radius 2 is 2.12 bits per heavy atom. The van der Waals surface area contributed by atoms with Crippen LogP contribution in [-0.2, 0) is 4.79 Å². The van der Waals surface area contributed by atoms with Crippen LogP contribution in [0.5, 0.6) is 0 Å². The van der Waals surface area contributed by atoms with Gasteiger partial charge in [-0.2, -0.15) is 0 Å². The number of benzene rings is 1. The molecule has 1 aliphatic rings. The second-order valence-electron chi connectivity index (χ2n) is 4.11. The molecule has 0 N–H and O–H groups in total. The molecule has 1 amide bonds. The highest BCUT2D eigenvalue weighted by atomic mass is 16.2. The highest BCUT2D eigenvalue weighted by Gasteiger charge is 2.35. The molecule has 0 saturated heterocycles. The molecule has 1 aromatic carbocycles. The lowest BCUT2D eigenvalue weighted by Crippen LogP contribution is -2.30. The Hall–Kier alpha value is -2.08. The molecule has 0 aliphatic carbocycles. The number of rotatable bonds is 3. The van der Waals surface area contributed by atoms with E-state index in [9.17, 15) is 9.59 Å². The van der Waals surface area contributed by atoms with Crippen LogP contribution in [0.25, 0.3) is 0 Å². The van der Waals surface area contributed by atoms with E-state index in [-0.39, 0.29) is 0 Å². The van der Waals surface area contributed by atoms with E-state index in [1.807, 2.05) is 19.1 Å². The van der Waals surface area contributed by atoms with Crippen LogP contribution >= 0.6 is 0 Å². The first-order chi connectivity index (χ1) is 8.15. The van der Waals surface area contributed by atoms with Crippen molar-refractivity contribution in [2.24, 2.45) is 0 Å². The van der Waals surface area contributed by atoms with Crippen molar-refractivity contribution in [3.05, 3.63) is 29.3 Å². The standard InChI is InChI=1S/C14H13NO2/c1-3-4-5-8-15-12-7-6-10(2)9-11(12)13(16)14(15)17/h1,6-7,9H,4-5,8H2,2H3. The predicted molar refractivity (Wildman–Crippen MR) is 65.9 cm³/mol. The Kier molecular flexibility index (Phi) is 2.97. The molecule has 0 aromatic heterocycles. The van der Waals surface area contributed by atoms with E-state index in [4.69, 9.17) is 6.42 Å². The van der Waals surface area contributed by atoms with Gasteiger partial charge in [0.05, 0.1) is 11.3 Å². The Bertz CT molecular complexity index is 526. The van der Waals surface area contributed by atoms with Crippen molar-refractivity contribution in [1.29, 1.82) is 0 Å². The number of ketones is 1. The van der Waals surface area contributed by atoms with E-state index in [1.165, 1.54) is 4.90 Å². The fourth-order valence-corrected chi connectivity index (χ4v) is 1.98. The summed E-state index contributed by atoms with van der Waals surface area (Å²) in [6.07, 6.45) is 6.49. The molecule has 3 nitrogen and oxygen atoms in total. The van der Waals surface area contributed by atoms with Gasteiger partial charge in [0.15, 0.2) is 0 Å². The summed E-state index contributed by atoms with van der Waals surface area (Å²) in [7, 11) is 0. The molecule has 3 heteroatoms. The number of hydrogen-bond acceptors (Lipinski definition) is 2. The number of carbonyl (C=O) groups excluding carboxylic acids is 2. The smallest absolute Gasteiger partial charge is 0.299 e. The third-order valence-electron chi connectivity index (χ3n) is 2.83. The lowest BCUT2D eigenvalue weighted by Gasteiger charge is -2.15. The summed E-state index contributed by atoms with van der Waals surface area (Å²) in [4.78, 5) is 25.1. The van der Waals surface area contributed by atoms with Crippen LogP contribution in [0.4, 0.5) is 5.69 Å². The fraction of sp³-hybridized carbons (Fsp3) is 0.286. The van der Waals surface area contributed by atoms with Crippen molar-refractivity contribution in [3.8, 4) is 12.3 Å². The summed E-state index contributed by atoms with van der Waals surface area (Å²) in [5, 5.41) is 0. The maximum absolute atomic E-state index is 11.8. The highest BCUT2D eigenvalue weighted by molar-refractivity contribution is 6.52. The van der Waals surface area contributed by atoms with Gasteiger partial charge in [-0.15, -0.1) is 12.3 Å². The molecule has 0 fully saturated rings. The predicted octanol–water partition coefficient (Wildman–Crippen LogP) is 1.94. The van der Waals surface area contributed by atoms with Gasteiger partial charge in [-0.05, 0) is 25.5 Å². The number of unbranched alkanes of at least 4 members (excludes halogenated alkanes) is 1. The van der Waals surface area contributed by atoms with Gasteiger partial charge in [-0.1, -0.05) is 11.6 Å². The Labute approximate surface area is 100 Å². The molecule has 86 valence electrons. The molecular formula is C14H13NO2. The molecule has 0 saturated carbocycles. The molecule has 17 heavy (non-hydrogen) atoms. The minimum atomic E-state index is -0.442. The Balaban J connectivity index is 2.29. The summed E-state index contributed by atoms with van der Waals surface area (Å²) >= 11 is 0. The van der Waals surface area contributed by atoms with Gasteiger partial charge in [0.1, 0.15) is 0 Å². The first-order valence-electron chi connectivity index (χ1n) is 5.55. The minimum absolute atomic E-state index is 0.413. The summed E-state index contributed by atoms with van der Waals surface area (Å²) in [5.74, 6) is 1.67. The molecular weight excluding hydrogens is 214 g/mol. The van der Waals surface area contributed by atoms with E-state index in [2.05, 4.69) is 5.92 Å². The number of nitrogens with zero attached hydrogens (tertiary/aromatic N) is 1. The maximum atomic E-state index is 11.8. The zero-order valence-electron chi connectivity index (χ0n) is 9.69. The van der Waals surface area contributed by atoms with Crippen molar-refractivity contribution < 1.29 is 9.59 Å². The second-order valence-corrected chi connectivity index (χ2v) is 4.11. The highest BCUT2D eigenvalue weighted by Crippen LogP contribution is 2.29. The number of fused-ring (bicyclic) bond motifs is 1. The van der Waals surface area contributed by atoms with Crippen LogP contribution in [0.1, 0.15) is 28.8 Å². The molecule has 2 rings (SSSR count). The van der Waals surface area contributed by atoms with Gasteiger partial charge in [-0.25, -0.2) is 0 Å². The molecule has 1 heterocycles. The fourth-order valence-electron chi connectivity index (χ4n) is 1.98. The number of anilines is 1. The largest absolute Gasteiger partial charge is 0.305 e. The van der Waals surface area contributed by atoms with Crippen LogP contribution in [-0.4, -0.2) is 18.2 Å². The van der Waals surface area contributed by atoms with Gasteiger partial charge in [0.2, 0.25) is 0 Å². The molecule has 1 aliphatic heterocycles. The second kappa shape index (κ2) is 4.42. The summed E-state index contributed by atoms with van der Waals surface area (Å²) in [6, 6.07) is 5.49. The molecule has 0 spiro atoms. The van der Waals surface area contributed by atoms with Gasteiger partial charge in [0, 0.05) is 13.0 Å². The van der Waals surface area contributed by atoms with E-state index >= 15 is 0 Å². The van der Waals surface area contributed by atoms with Crippen LogP contribution in [0.2, 0.25) is 0 Å². The summed E-state index contributed by atoms with van der Waals surface area (Å²) in [5.41, 5.74) is 2.20. The number of terminal acetylenes is 1. The van der Waals surface area contributed by atoms with E-state index < -0.39 is 11.7 Å². The first kappa shape index (κ1) is 11.4. The van der Waals surface area contributed by atoms with Crippen molar-refractivity contribution in [1.82, 2.24) is 0 Å². The lowest BCUT2D eigenvalue weighted by molar-refractivity contribution is -0.114. The van der Waals surface area contributed by atoms with E-state index in [0.717, 1.165) is 5.56 Å². The van der Waals surface area contributed by atoms with Gasteiger partial charge in [0.25, 0.3) is 11.7 Å². The van der Waals surface area contributed by atoms with Gasteiger partial charge in [-0.3, -0.25) is 9.59 Å². The first-order valence-corrected chi connectivity index (χ1v) is 5.55. The number of hydrogen-bond donors (Lipinski definition) is 0. The quantitative estimate of drug-likeness (QED) is 0.449. The van der Waals surface area contributed by atoms with Crippen LogP contribution in [0.15, 0.2) is 18.2 Å². The maximum Gasteiger partial charge on any atom is 0.299 e. The molecule has 0 atom stereocenters. The molecule has 0 radical (unpaired) electrons. The van der Waals surface area contributed by atoms with Crippen molar-refractivity contribution in [2.45, 2.75) is 19.8 Å². The Morgan fingerprint density at radius 1 is 1.35 bits per heavy atom. The number of Topliss-reactive ketones (excluding diaryl/α,β-unsaturated/α-hetero) is 1. The SMILES string of the molecule is C#CCCCN1C(=O)C(=O)c2cc(C)ccc21. The zero-order chi connectivity index (χ0) is 12.4. The van der Waals surface area contributed by atoms with E-state index in [1.54, 1.807) is 6.07 Å². The normalized spacial score (nSPS) is 13.8. The average molecular weight is 227 g/mol. The summed E-state index contributed by atoms with van der Waals surface area (Å²) in [6.45, 7) is 2.41. The monoisotopic (exact) mass is 227 g/mol. The topological polar surface area (TPSA) is 37.4 Å². The van der Waals surface area contributed by atoms with Crippen molar-refractivity contribution >= 4 is 17.4 Å².